The fourth-order valence-electron chi connectivity index (χ4n) is 1.23. The predicted molar refractivity (Wildman–Crippen MR) is 59.6 cm³/mol. The molecule has 82 valence electrons. The molecule has 1 aromatic rings. The van der Waals surface area contributed by atoms with Crippen LogP contribution in [0.4, 0.5) is 5.69 Å². The van der Waals surface area contributed by atoms with Crippen molar-refractivity contribution in [1.29, 1.82) is 0 Å². The van der Waals surface area contributed by atoms with Crippen LogP contribution in [0.3, 0.4) is 0 Å². The molecule has 1 atom stereocenters. The van der Waals surface area contributed by atoms with Crippen molar-refractivity contribution in [2.75, 3.05) is 12.3 Å². The number of nitrogens with two attached hydrogens (primary N) is 1. The average molecular weight is 208 g/mol. The number of hydrogen-bond donors (Lipinski definition) is 3. The molecule has 1 rings (SSSR count). The number of aliphatic hydroxyl groups excluding tert-OH is 1. The summed E-state index contributed by atoms with van der Waals surface area (Å²) in [7, 11) is 0. The number of aliphatic hydroxyl groups is 1. The zero-order chi connectivity index (χ0) is 11.4. The molecule has 1 aromatic carbocycles. The summed E-state index contributed by atoms with van der Waals surface area (Å²) in [6.07, 6.45) is 0. The van der Waals surface area contributed by atoms with E-state index in [1.807, 2.05) is 6.92 Å². The molecule has 0 saturated heterocycles. The number of aryl methyl sites for hydroxylation is 1. The molecule has 0 aliphatic carbocycles. The summed E-state index contributed by atoms with van der Waals surface area (Å²) < 4.78 is 0. The molecule has 0 aromatic heterocycles. The van der Waals surface area contributed by atoms with Crippen molar-refractivity contribution in [2.45, 2.75) is 19.9 Å². The molecular weight excluding hydrogens is 192 g/mol. The minimum Gasteiger partial charge on any atom is -0.399 e. The van der Waals surface area contributed by atoms with E-state index in [2.05, 4.69) is 5.32 Å². The maximum absolute atomic E-state index is 11.7. The molecule has 0 saturated carbocycles. The molecule has 0 aliphatic rings. The van der Waals surface area contributed by atoms with Crippen molar-refractivity contribution in [3.8, 4) is 0 Å². The van der Waals surface area contributed by atoms with Crippen LogP contribution >= 0.6 is 0 Å². The van der Waals surface area contributed by atoms with Crippen LogP contribution in [0, 0.1) is 6.92 Å². The Labute approximate surface area is 89.1 Å². The Kier molecular flexibility index (Phi) is 3.68. The lowest BCUT2D eigenvalue weighted by atomic mass is 10.1. The summed E-state index contributed by atoms with van der Waals surface area (Å²) >= 11 is 0. The molecule has 4 heteroatoms. The molecule has 0 unspecified atom stereocenters. The van der Waals surface area contributed by atoms with Gasteiger partial charge in [0.25, 0.3) is 5.91 Å². The van der Waals surface area contributed by atoms with Crippen molar-refractivity contribution < 1.29 is 9.90 Å². The standard InChI is InChI=1S/C11H16N2O2/c1-7-3-4-9(12)5-10(7)11(15)13-8(2)6-14/h3-5,8,14H,6,12H2,1-2H3,(H,13,15)/t8-/m0/s1. The summed E-state index contributed by atoms with van der Waals surface area (Å²) in [6.45, 7) is 3.50. The summed E-state index contributed by atoms with van der Waals surface area (Å²) in [5.41, 5.74) is 7.58. The lowest BCUT2D eigenvalue weighted by molar-refractivity contribution is 0.0921. The van der Waals surface area contributed by atoms with Gasteiger partial charge in [0.05, 0.1) is 6.61 Å². The number of amides is 1. The normalized spacial score (nSPS) is 12.2. The van der Waals surface area contributed by atoms with Gasteiger partial charge < -0.3 is 16.2 Å². The SMILES string of the molecule is Cc1ccc(N)cc1C(=O)N[C@@H](C)CO. The summed E-state index contributed by atoms with van der Waals surface area (Å²) in [4.78, 5) is 11.7. The van der Waals surface area contributed by atoms with E-state index in [4.69, 9.17) is 10.8 Å². The first-order chi connectivity index (χ1) is 7.04. The lowest BCUT2D eigenvalue weighted by Gasteiger charge is -2.12. The van der Waals surface area contributed by atoms with E-state index < -0.39 is 0 Å². The van der Waals surface area contributed by atoms with Gasteiger partial charge >= 0.3 is 0 Å². The Morgan fingerprint density at radius 1 is 1.60 bits per heavy atom. The fourth-order valence-corrected chi connectivity index (χ4v) is 1.23. The fraction of sp³-hybridized carbons (Fsp3) is 0.364. The number of rotatable bonds is 3. The summed E-state index contributed by atoms with van der Waals surface area (Å²) in [5, 5.41) is 11.5. The molecule has 4 nitrogen and oxygen atoms in total. The van der Waals surface area contributed by atoms with Crippen LogP contribution in [0.2, 0.25) is 0 Å². The first-order valence-corrected chi connectivity index (χ1v) is 4.82. The lowest BCUT2D eigenvalue weighted by Crippen LogP contribution is -2.35. The van der Waals surface area contributed by atoms with Crippen molar-refractivity contribution in [2.24, 2.45) is 0 Å². The van der Waals surface area contributed by atoms with Gasteiger partial charge in [0.15, 0.2) is 0 Å². The molecule has 0 spiro atoms. The Balaban J connectivity index is 2.86. The largest absolute Gasteiger partial charge is 0.399 e. The summed E-state index contributed by atoms with van der Waals surface area (Å²) in [6, 6.07) is 4.93. The van der Waals surface area contributed by atoms with Crippen LogP contribution < -0.4 is 11.1 Å². The molecule has 15 heavy (non-hydrogen) atoms. The van der Waals surface area contributed by atoms with Crippen LogP contribution in [0.5, 0.6) is 0 Å². The molecule has 4 N–H and O–H groups in total. The first kappa shape index (κ1) is 11.5. The van der Waals surface area contributed by atoms with Crippen molar-refractivity contribution in [3.63, 3.8) is 0 Å². The van der Waals surface area contributed by atoms with Crippen LogP contribution in [-0.4, -0.2) is 23.7 Å². The van der Waals surface area contributed by atoms with Gasteiger partial charge in [-0.1, -0.05) is 6.07 Å². The van der Waals surface area contributed by atoms with Gasteiger partial charge in [-0.3, -0.25) is 4.79 Å². The highest BCUT2D eigenvalue weighted by Crippen LogP contribution is 2.12. The smallest absolute Gasteiger partial charge is 0.251 e. The van der Waals surface area contributed by atoms with E-state index in [0.29, 0.717) is 11.3 Å². The Morgan fingerprint density at radius 3 is 2.87 bits per heavy atom. The van der Waals surface area contributed by atoms with Crippen LogP contribution in [0.25, 0.3) is 0 Å². The van der Waals surface area contributed by atoms with Crippen LogP contribution in [-0.2, 0) is 0 Å². The molecule has 0 fully saturated rings. The van der Waals surface area contributed by atoms with Crippen LogP contribution in [0.15, 0.2) is 18.2 Å². The second-order valence-electron chi connectivity index (χ2n) is 3.63. The van der Waals surface area contributed by atoms with Gasteiger partial charge in [-0.25, -0.2) is 0 Å². The third-order valence-electron chi connectivity index (χ3n) is 2.16. The molecule has 0 bridgehead atoms. The molecule has 0 aliphatic heterocycles. The molecule has 0 radical (unpaired) electrons. The molecular formula is C11H16N2O2. The van der Waals surface area contributed by atoms with Crippen molar-refractivity contribution >= 4 is 11.6 Å². The van der Waals surface area contributed by atoms with Crippen molar-refractivity contribution in [3.05, 3.63) is 29.3 Å². The first-order valence-electron chi connectivity index (χ1n) is 4.82. The van der Waals surface area contributed by atoms with E-state index in [9.17, 15) is 4.79 Å². The van der Waals surface area contributed by atoms with E-state index in [1.165, 1.54) is 0 Å². The highest BCUT2D eigenvalue weighted by atomic mass is 16.3. The predicted octanol–water partition coefficient (Wildman–Crippen LogP) is 0.688. The molecule has 1 amide bonds. The third kappa shape index (κ3) is 2.95. The minimum atomic E-state index is -0.252. The topological polar surface area (TPSA) is 75.4 Å². The second-order valence-corrected chi connectivity index (χ2v) is 3.63. The second kappa shape index (κ2) is 4.79. The number of carbonyl (C=O) groups is 1. The highest BCUT2D eigenvalue weighted by Gasteiger charge is 2.11. The van der Waals surface area contributed by atoms with E-state index >= 15 is 0 Å². The number of nitrogens with one attached hydrogen (secondary N) is 1. The number of hydrogen-bond acceptors (Lipinski definition) is 3. The van der Waals surface area contributed by atoms with E-state index in [0.717, 1.165) is 5.56 Å². The minimum absolute atomic E-state index is 0.0763. The number of nitrogen functional groups attached to an aromatic ring is 1. The molecule has 0 heterocycles. The summed E-state index contributed by atoms with van der Waals surface area (Å²) in [5.74, 6) is -0.207. The van der Waals surface area contributed by atoms with Crippen LogP contribution in [0.1, 0.15) is 22.8 Å². The quantitative estimate of drug-likeness (QED) is 0.640. The van der Waals surface area contributed by atoms with Crippen molar-refractivity contribution in [1.82, 2.24) is 5.32 Å². The van der Waals surface area contributed by atoms with E-state index in [-0.39, 0.29) is 18.6 Å². The van der Waals surface area contributed by atoms with E-state index in [1.54, 1.807) is 25.1 Å². The zero-order valence-electron chi connectivity index (χ0n) is 8.95. The van der Waals surface area contributed by atoms with Gasteiger partial charge in [-0.05, 0) is 31.5 Å². The monoisotopic (exact) mass is 208 g/mol. The number of benzene rings is 1. The Morgan fingerprint density at radius 2 is 2.27 bits per heavy atom. The third-order valence-corrected chi connectivity index (χ3v) is 2.16. The Hall–Kier alpha value is -1.55. The maximum Gasteiger partial charge on any atom is 0.251 e. The van der Waals surface area contributed by atoms with Gasteiger partial charge in [0, 0.05) is 17.3 Å². The number of carbonyl (C=O) groups excluding carboxylic acids is 1. The maximum atomic E-state index is 11.7. The van der Waals surface area contributed by atoms with Gasteiger partial charge in [0.2, 0.25) is 0 Å². The zero-order valence-corrected chi connectivity index (χ0v) is 8.95. The van der Waals surface area contributed by atoms with Gasteiger partial charge in [0.1, 0.15) is 0 Å². The Bertz CT molecular complexity index is 364. The van der Waals surface area contributed by atoms with Gasteiger partial charge in [-0.15, -0.1) is 0 Å². The number of anilines is 1. The highest BCUT2D eigenvalue weighted by molar-refractivity contribution is 5.96. The van der Waals surface area contributed by atoms with Gasteiger partial charge in [-0.2, -0.15) is 0 Å². The average Bonchev–Trinajstić information content (AvgIpc) is 2.21.